The van der Waals surface area contributed by atoms with Gasteiger partial charge in [-0.2, -0.15) is 0 Å². The quantitative estimate of drug-likeness (QED) is 0.773. The highest BCUT2D eigenvalue weighted by atomic mass is 19.1. The summed E-state index contributed by atoms with van der Waals surface area (Å²) in [4.78, 5) is 23.7. The molecule has 0 spiro atoms. The standard InChI is InChI=1S/C18H25FN2O3/c1-10(2)16(23)18(3,4)9-20-17(24)12-7-11-5-6-15(22)21-14(11)8-13(12)19/h7-8,10,16,23H,5-6,9H2,1-4H3,(H,20,24)(H,21,22). The number of nitrogens with one attached hydrogen (secondary N) is 2. The number of carbonyl (C=O) groups is 2. The minimum Gasteiger partial charge on any atom is -0.392 e. The van der Waals surface area contributed by atoms with E-state index in [2.05, 4.69) is 10.6 Å². The van der Waals surface area contributed by atoms with Crippen LogP contribution in [0.15, 0.2) is 12.1 Å². The summed E-state index contributed by atoms with van der Waals surface area (Å²) in [6.07, 6.45) is 0.230. The minimum absolute atomic E-state index is 0.0419. The van der Waals surface area contributed by atoms with Gasteiger partial charge >= 0.3 is 0 Å². The Kier molecular flexibility index (Phi) is 5.28. The SMILES string of the molecule is CC(C)C(O)C(C)(C)CNC(=O)c1cc2c(cc1F)NC(=O)CC2. The van der Waals surface area contributed by atoms with E-state index in [4.69, 9.17) is 0 Å². The van der Waals surface area contributed by atoms with E-state index in [1.165, 1.54) is 12.1 Å². The molecule has 6 heteroatoms. The Bertz CT molecular complexity index is 656. The van der Waals surface area contributed by atoms with Crippen molar-refractivity contribution in [3.8, 4) is 0 Å². The zero-order chi connectivity index (χ0) is 18.1. The number of rotatable bonds is 5. The van der Waals surface area contributed by atoms with Crippen molar-refractivity contribution in [1.82, 2.24) is 5.32 Å². The second kappa shape index (κ2) is 6.89. The van der Waals surface area contributed by atoms with E-state index in [9.17, 15) is 19.1 Å². The van der Waals surface area contributed by atoms with Gasteiger partial charge in [-0.1, -0.05) is 27.7 Å². The van der Waals surface area contributed by atoms with Crippen LogP contribution in [0.3, 0.4) is 0 Å². The Morgan fingerprint density at radius 3 is 2.67 bits per heavy atom. The minimum atomic E-state index is -0.671. The number of benzene rings is 1. The molecule has 132 valence electrons. The number of aliphatic hydroxyl groups excluding tert-OH is 1. The van der Waals surface area contributed by atoms with Gasteiger partial charge in [0.1, 0.15) is 5.82 Å². The van der Waals surface area contributed by atoms with Crippen molar-refractivity contribution in [3.05, 3.63) is 29.1 Å². The number of aliphatic hydroxyl groups is 1. The summed E-state index contributed by atoms with van der Waals surface area (Å²) in [7, 11) is 0. The van der Waals surface area contributed by atoms with Crippen LogP contribution >= 0.6 is 0 Å². The first kappa shape index (κ1) is 18.4. The first-order valence-electron chi connectivity index (χ1n) is 8.20. The average Bonchev–Trinajstić information content (AvgIpc) is 2.51. The molecule has 0 aromatic heterocycles. The van der Waals surface area contributed by atoms with Gasteiger partial charge in [0.05, 0.1) is 11.7 Å². The molecular weight excluding hydrogens is 311 g/mol. The summed E-state index contributed by atoms with van der Waals surface area (Å²) in [6.45, 7) is 7.77. The summed E-state index contributed by atoms with van der Waals surface area (Å²) < 4.78 is 14.2. The highest BCUT2D eigenvalue weighted by Gasteiger charge is 2.31. The molecule has 0 radical (unpaired) electrons. The maximum absolute atomic E-state index is 14.2. The number of aryl methyl sites for hydroxylation is 1. The third-order valence-electron chi connectivity index (χ3n) is 4.47. The number of fused-ring (bicyclic) bond motifs is 1. The van der Waals surface area contributed by atoms with Gasteiger partial charge in [-0.25, -0.2) is 4.39 Å². The third kappa shape index (κ3) is 3.93. The molecule has 3 N–H and O–H groups in total. The van der Waals surface area contributed by atoms with Gasteiger partial charge in [0.15, 0.2) is 0 Å². The lowest BCUT2D eigenvalue weighted by Gasteiger charge is -2.33. The highest BCUT2D eigenvalue weighted by Crippen LogP contribution is 2.27. The Hall–Kier alpha value is -1.95. The Balaban J connectivity index is 2.12. The van der Waals surface area contributed by atoms with Gasteiger partial charge < -0.3 is 15.7 Å². The first-order valence-corrected chi connectivity index (χ1v) is 8.20. The van der Waals surface area contributed by atoms with Gasteiger partial charge in [0.25, 0.3) is 5.91 Å². The van der Waals surface area contributed by atoms with E-state index >= 15 is 0 Å². The molecule has 1 unspecified atom stereocenters. The number of carbonyl (C=O) groups excluding carboxylic acids is 2. The van der Waals surface area contributed by atoms with E-state index in [1.807, 2.05) is 27.7 Å². The molecule has 1 heterocycles. The number of anilines is 1. The van der Waals surface area contributed by atoms with E-state index in [-0.39, 0.29) is 23.9 Å². The fourth-order valence-electron chi connectivity index (χ4n) is 2.99. The van der Waals surface area contributed by atoms with Crippen LogP contribution in [0, 0.1) is 17.2 Å². The molecule has 0 aliphatic carbocycles. The maximum atomic E-state index is 14.2. The summed E-state index contributed by atoms with van der Waals surface area (Å²) in [5.74, 6) is -1.28. The maximum Gasteiger partial charge on any atom is 0.254 e. The zero-order valence-corrected chi connectivity index (χ0v) is 14.6. The number of hydrogen-bond acceptors (Lipinski definition) is 3. The van der Waals surface area contributed by atoms with Crippen LogP contribution < -0.4 is 10.6 Å². The Morgan fingerprint density at radius 1 is 1.38 bits per heavy atom. The predicted octanol–water partition coefficient (Wildman–Crippen LogP) is 2.48. The first-order chi connectivity index (χ1) is 11.1. The molecule has 2 rings (SSSR count). The van der Waals surface area contributed by atoms with Crippen LogP contribution in [0.1, 0.15) is 50.0 Å². The Labute approximate surface area is 141 Å². The van der Waals surface area contributed by atoms with E-state index in [0.29, 0.717) is 18.5 Å². The van der Waals surface area contributed by atoms with E-state index in [1.54, 1.807) is 0 Å². The molecule has 0 saturated heterocycles. The molecule has 1 atom stereocenters. The van der Waals surface area contributed by atoms with Gasteiger partial charge in [-0.15, -0.1) is 0 Å². The summed E-state index contributed by atoms with van der Waals surface area (Å²) in [5, 5.41) is 15.5. The summed E-state index contributed by atoms with van der Waals surface area (Å²) in [6, 6.07) is 2.68. The van der Waals surface area contributed by atoms with Crippen molar-refractivity contribution in [2.75, 3.05) is 11.9 Å². The normalized spacial score (nSPS) is 15.7. The monoisotopic (exact) mass is 336 g/mol. The molecule has 1 aromatic rings. The molecular formula is C18H25FN2O3. The molecule has 1 aliphatic heterocycles. The second-order valence-corrected chi connectivity index (χ2v) is 7.40. The predicted molar refractivity (Wildman–Crippen MR) is 90.3 cm³/mol. The molecule has 1 aromatic carbocycles. The summed E-state index contributed by atoms with van der Waals surface area (Å²) in [5.41, 5.74) is 0.612. The zero-order valence-electron chi connectivity index (χ0n) is 14.6. The van der Waals surface area contributed by atoms with Gasteiger partial charge in [0, 0.05) is 24.1 Å². The van der Waals surface area contributed by atoms with Crippen LogP contribution in [-0.4, -0.2) is 29.6 Å². The van der Waals surface area contributed by atoms with Gasteiger partial charge in [-0.3, -0.25) is 9.59 Å². The summed E-state index contributed by atoms with van der Waals surface area (Å²) >= 11 is 0. The van der Waals surface area contributed by atoms with Crippen LogP contribution in [-0.2, 0) is 11.2 Å². The molecule has 0 saturated carbocycles. The van der Waals surface area contributed by atoms with Crippen molar-refractivity contribution >= 4 is 17.5 Å². The van der Waals surface area contributed by atoms with Crippen molar-refractivity contribution in [1.29, 1.82) is 0 Å². The van der Waals surface area contributed by atoms with E-state index < -0.39 is 23.2 Å². The molecule has 0 bridgehead atoms. The van der Waals surface area contributed by atoms with Crippen molar-refractivity contribution in [3.63, 3.8) is 0 Å². The fourth-order valence-corrected chi connectivity index (χ4v) is 2.99. The second-order valence-electron chi connectivity index (χ2n) is 7.40. The molecule has 5 nitrogen and oxygen atoms in total. The third-order valence-corrected chi connectivity index (χ3v) is 4.47. The smallest absolute Gasteiger partial charge is 0.254 e. The van der Waals surface area contributed by atoms with Gasteiger partial charge in [0.2, 0.25) is 5.91 Å². The van der Waals surface area contributed by atoms with Crippen LogP contribution in [0.4, 0.5) is 10.1 Å². The number of amides is 2. The lowest BCUT2D eigenvalue weighted by molar-refractivity contribution is -0.116. The van der Waals surface area contributed by atoms with Crippen LogP contribution in [0.5, 0.6) is 0 Å². The van der Waals surface area contributed by atoms with E-state index in [0.717, 1.165) is 5.56 Å². The van der Waals surface area contributed by atoms with Crippen LogP contribution in [0.25, 0.3) is 0 Å². The van der Waals surface area contributed by atoms with Crippen LogP contribution in [0.2, 0.25) is 0 Å². The van der Waals surface area contributed by atoms with Gasteiger partial charge in [-0.05, 0) is 30.0 Å². The lowest BCUT2D eigenvalue weighted by Crippen LogP contribution is -2.43. The Morgan fingerprint density at radius 2 is 2.04 bits per heavy atom. The number of halogens is 1. The van der Waals surface area contributed by atoms with Crippen molar-refractivity contribution < 1.29 is 19.1 Å². The lowest BCUT2D eigenvalue weighted by atomic mass is 9.80. The van der Waals surface area contributed by atoms with Crippen molar-refractivity contribution in [2.24, 2.45) is 11.3 Å². The molecule has 2 amide bonds. The number of hydrogen-bond donors (Lipinski definition) is 3. The topological polar surface area (TPSA) is 78.4 Å². The largest absolute Gasteiger partial charge is 0.392 e. The average molecular weight is 336 g/mol. The van der Waals surface area contributed by atoms with Crippen molar-refractivity contribution in [2.45, 2.75) is 46.6 Å². The highest BCUT2D eigenvalue weighted by molar-refractivity contribution is 5.98. The fraction of sp³-hybridized carbons (Fsp3) is 0.556. The molecule has 1 aliphatic rings. The molecule has 24 heavy (non-hydrogen) atoms. The molecule has 0 fully saturated rings.